The molecule has 0 spiro atoms. The molecular weight excluding hydrogens is 200 g/mol. The normalized spacial score (nSPS) is 24.7. The molecule has 1 aromatic rings. The molecule has 0 radical (unpaired) electrons. The van der Waals surface area contributed by atoms with Gasteiger partial charge < -0.3 is 4.74 Å². The minimum Gasteiger partial charge on any atom is -0.378 e. The number of likely N-dealkylation sites (N-methyl/N-ethyl adjacent to an activating group) is 1. The van der Waals surface area contributed by atoms with Gasteiger partial charge in [-0.3, -0.25) is 9.89 Å². The summed E-state index contributed by atoms with van der Waals surface area (Å²) in [6.45, 7) is 3.50. The van der Waals surface area contributed by atoms with E-state index in [9.17, 15) is 0 Å². The largest absolute Gasteiger partial charge is 0.378 e. The zero-order valence-corrected chi connectivity index (χ0v) is 9.52. The molecule has 1 saturated heterocycles. The minimum atomic E-state index is 0.402. The summed E-state index contributed by atoms with van der Waals surface area (Å²) in [6.07, 6.45) is 1.96. The standard InChI is InChI=1S/C13H16N2O/c1-15-4-5-16-9-13(15)10-2-3-11-7-14-8-12(11)6-10/h2-3,6-7,13H,4-5,8-9H2,1H3. The van der Waals surface area contributed by atoms with E-state index >= 15 is 0 Å². The number of nitrogens with zero attached hydrogens (tertiary/aromatic N) is 2. The molecule has 2 heterocycles. The second-order valence-corrected chi connectivity index (χ2v) is 4.50. The lowest BCUT2D eigenvalue weighted by Gasteiger charge is -2.32. The maximum Gasteiger partial charge on any atom is 0.0664 e. The van der Waals surface area contributed by atoms with E-state index in [0.717, 1.165) is 26.3 Å². The second kappa shape index (κ2) is 4.00. The molecule has 84 valence electrons. The Morgan fingerprint density at radius 2 is 2.38 bits per heavy atom. The van der Waals surface area contributed by atoms with Gasteiger partial charge in [0, 0.05) is 12.8 Å². The maximum atomic E-state index is 5.55. The third-order valence-electron chi connectivity index (χ3n) is 3.44. The maximum absolute atomic E-state index is 5.55. The van der Waals surface area contributed by atoms with E-state index in [1.54, 1.807) is 0 Å². The molecule has 1 fully saturated rings. The van der Waals surface area contributed by atoms with Crippen LogP contribution in [0.5, 0.6) is 0 Å². The van der Waals surface area contributed by atoms with Gasteiger partial charge in [-0.25, -0.2) is 0 Å². The fourth-order valence-corrected chi connectivity index (χ4v) is 2.38. The summed E-state index contributed by atoms with van der Waals surface area (Å²) in [6, 6.07) is 7.05. The third kappa shape index (κ3) is 1.66. The van der Waals surface area contributed by atoms with E-state index in [-0.39, 0.29) is 0 Å². The van der Waals surface area contributed by atoms with Gasteiger partial charge >= 0.3 is 0 Å². The van der Waals surface area contributed by atoms with Crippen LogP contribution in [-0.2, 0) is 11.3 Å². The van der Waals surface area contributed by atoms with E-state index in [0.29, 0.717) is 6.04 Å². The van der Waals surface area contributed by atoms with E-state index in [4.69, 9.17) is 4.74 Å². The number of hydrogen-bond acceptors (Lipinski definition) is 3. The van der Waals surface area contributed by atoms with Gasteiger partial charge in [0.15, 0.2) is 0 Å². The molecule has 0 aromatic heterocycles. The van der Waals surface area contributed by atoms with Gasteiger partial charge in [0.05, 0.1) is 25.8 Å². The van der Waals surface area contributed by atoms with Crippen LogP contribution in [0.2, 0.25) is 0 Å². The number of benzene rings is 1. The van der Waals surface area contributed by atoms with Crippen LogP contribution >= 0.6 is 0 Å². The van der Waals surface area contributed by atoms with Gasteiger partial charge in [0.2, 0.25) is 0 Å². The highest BCUT2D eigenvalue weighted by Crippen LogP contribution is 2.26. The number of ether oxygens (including phenoxy) is 1. The molecule has 0 saturated carbocycles. The first-order valence-electron chi connectivity index (χ1n) is 5.75. The Kier molecular flexibility index (Phi) is 2.50. The highest BCUT2D eigenvalue weighted by atomic mass is 16.5. The molecular formula is C13H16N2O. The van der Waals surface area contributed by atoms with Crippen LogP contribution in [-0.4, -0.2) is 37.9 Å². The van der Waals surface area contributed by atoms with Gasteiger partial charge in [-0.15, -0.1) is 0 Å². The van der Waals surface area contributed by atoms with Crippen molar-refractivity contribution in [1.29, 1.82) is 0 Å². The fraction of sp³-hybridized carbons (Fsp3) is 0.462. The van der Waals surface area contributed by atoms with Crippen molar-refractivity contribution in [3.05, 3.63) is 34.9 Å². The molecule has 2 aliphatic rings. The molecule has 3 rings (SSSR count). The zero-order chi connectivity index (χ0) is 11.0. The average molecular weight is 216 g/mol. The summed E-state index contributed by atoms with van der Waals surface area (Å²) in [5.41, 5.74) is 3.96. The molecule has 0 N–H and O–H groups in total. The summed E-state index contributed by atoms with van der Waals surface area (Å²) in [5.74, 6) is 0. The highest BCUT2D eigenvalue weighted by Gasteiger charge is 2.22. The van der Waals surface area contributed by atoms with Crippen molar-refractivity contribution in [2.45, 2.75) is 12.6 Å². The van der Waals surface area contributed by atoms with Gasteiger partial charge in [-0.1, -0.05) is 18.2 Å². The molecule has 1 unspecified atom stereocenters. The fourth-order valence-electron chi connectivity index (χ4n) is 2.38. The number of hydrogen-bond donors (Lipinski definition) is 0. The predicted octanol–water partition coefficient (Wildman–Crippen LogP) is 1.62. The molecule has 0 aliphatic carbocycles. The van der Waals surface area contributed by atoms with E-state index in [2.05, 4.69) is 35.1 Å². The Labute approximate surface area is 95.7 Å². The van der Waals surface area contributed by atoms with Crippen molar-refractivity contribution in [3.8, 4) is 0 Å². The summed E-state index contributed by atoms with van der Waals surface area (Å²) in [4.78, 5) is 6.65. The van der Waals surface area contributed by atoms with E-state index in [1.807, 2.05) is 6.21 Å². The lowest BCUT2D eigenvalue weighted by Crippen LogP contribution is -2.36. The Balaban J connectivity index is 1.89. The average Bonchev–Trinajstić information content (AvgIpc) is 2.76. The minimum absolute atomic E-state index is 0.402. The van der Waals surface area contributed by atoms with Gasteiger partial charge in [-0.05, 0) is 23.7 Å². The van der Waals surface area contributed by atoms with Crippen molar-refractivity contribution < 1.29 is 4.74 Å². The Bertz CT molecular complexity index is 428. The van der Waals surface area contributed by atoms with Crippen molar-refractivity contribution >= 4 is 6.21 Å². The van der Waals surface area contributed by atoms with Crippen LogP contribution in [0.25, 0.3) is 0 Å². The van der Waals surface area contributed by atoms with Crippen molar-refractivity contribution in [3.63, 3.8) is 0 Å². The molecule has 3 heteroatoms. The van der Waals surface area contributed by atoms with Crippen LogP contribution in [0.1, 0.15) is 22.7 Å². The molecule has 2 aliphatic heterocycles. The van der Waals surface area contributed by atoms with Crippen LogP contribution in [0.4, 0.5) is 0 Å². The summed E-state index contributed by atoms with van der Waals surface area (Å²) < 4.78 is 5.55. The zero-order valence-electron chi connectivity index (χ0n) is 9.52. The number of rotatable bonds is 1. The molecule has 16 heavy (non-hydrogen) atoms. The smallest absolute Gasteiger partial charge is 0.0664 e. The molecule has 1 atom stereocenters. The van der Waals surface area contributed by atoms with Gasteiger partial charge in [0.25, 0.3) is 0 Å². The monoisotopic (exact) mass is 216 g/mol. The first kappa shape index (κ1) is 10.00. The van der Waals surface area contributed by atoms with Crippen LogP contribution < -0.4 is 0 Å². The predicted molar refractivity (Wildman–Crippen MR) is 63.9 cm³/mol. The first-order valence-corrected chi connectivity index (χ1v) is 5.75. The number of fused-ring (bicyclic) bond motifs is 1. The summed E-state index contributed by atoms with van der Waals surface area (Å²) >= 11 is 0. The lowest BCUT2D eigenvalue weighted by molar-refractivity contribution is 0.00504. The molecule has 1 aromatic carbocycles. The Hall–Kier alpha value is -1.19. The Morgan fingerprint density at radius 3 is 3.25 bits per heavy atom. The molecule has 3 nitrogen and oxygen atoms in total. The van der Waals surface area contributed by atoms with Crippen LogP contribution in [0.3, 0.4) is 0 Å². The van der Waals surface area contributed by atoms with Crippen LogP contribution in [0.15, 0.2) is 23.2 Å². The lowest BCUT2D eigenvalue weighted by atomic mass is 10.00. The summed E-state index contributed by atoms with van der Waals surface area (Å²) in [7, 11) is 2.16. The summed E-state index contributed by atoms with van der Waals surface area (Å²) in [5, 5.41) is 0. The van der Waals surface area contributed by atoms with Crippen molar-refractivity contribution in [2.75, 3.05) is 26.8 Å². The topological polar surface area (TPSA) is 24.8 Å². The SMILES string of the molecule is CN1CCOCC1c1ccc2c(c1)CN=C2. The quantitative estimate of drug-likeness (QED) is 0.712. The van der Waals surface area contributed by atoms with Crippen molar-refractivity contribution in [1.82, 2.24) is 4.90 Å². The molecule has 0 bridgehead atoms. The van der Waals surface area contributed by atoms with E-state index < -0.39 is 0 Å². The number of aliphatic imine (C=N–C) groups is 1. The Morgan fingerprint density at radius 1 is 1.44 bits per heavy atom. The number of morpholine rings is 1. The highest BCUT2D eigenvalue weighted by molar-refractivity contribution is 5.84. The van der Waals surface area contributed by atoms with Crippen LogP contribution in [0, 0.1) is 0 Å². The second-order valence-electron chi connectivity index (χ2n) is 4.50. The first-order chi connectivity index (χ1) is 7.84. The van der Waals surface area contributed by atoms with Gasteiger partial charge in [0.1, 0.15) is 0 Å². The van der Waals surface area contributed by atoms with Gasteiger partial charge in [-0.2, -0.15) is 0 Å². The van der Waals surface area contributed by atoms with E-state index in [1.165, 1.54) is 16.7 Å². The van der Waals surface area contributed by atoms with Crippen molar-refractivity contribution in [2.24, 2.45) is 4.99 Å². The molecule has 0 amide bonds. The third-order valence-corrected chi connectivity index (χ3v) is 3.44.